The maximum Gasteiger partial charge on any atom is 0.223 e. The number of carbonyl (C=O) groups excluding carboxylic acids is 1. The van der Waals surface area contributed by atoms with Gasteiger partial charge in [0.15, 0.2) is 0 Å². The molecular weight excluding hydrogens is 300 g/mol. The highest BCUT2D eigenvalue weighted by Gasteiger charge is 2.48. The molecule has 3 atom stereocenters. The van der Waals surface area contributed by atoms with Crippen LogP contribution in [-0.4, -0.2) is 41.7 Å². The Morgan fingerprint density at radius 1 is 1.17 bits per heavy atom. The van der Waals surface area contributed by atoms with E-state index in [0.29, 0.717) is 24.7 Å². The minimum absolute atomic E-state index is 0.00943. The van der Waals surface area contributed by atoms with Gasteiger partial charge in [0.05, 0.1) is 12.1 Å². The molecule has 24 heavy (non-hydrogen) atoms. The average Bonchev–Trinajstić information content (AvgIpc) is 3.19. The molecule has 4 aliphatic rings. The zero-order valence-electron chi connectivity index (χ0n) is 14.0. The Hall–Kier alpha value is -1.39. The second-order valence-electron chi connectivity index (χ2n) is 8.37. The summed E-state index contributed by atoms with van der Waals surface area (Å²) in [6.45, 7) is 3.49. The first-order chi connectivity index (χ1) is 11.7. The first kappa shape index (κ1) is 14.9. The number of carbonyl (C=O) groups is 1. The number of hydrogen-bond donors (Lipinski definition) is 2. The summed E-state index contributed by atoms with van der Waals surface area (Å²) in [5, 5.41) is 12.8. The second kappa shape index (κ2) is 5.57. The highest BCUT2D eigenvalue weighted by Crippen LogP contribution is 2.50. The Bertz CT molecular complexity index is 651. The molecule has 3 aliphatic carbocycles. The van der Waals surface area contributed by atoms with E-state index in [0.717, 1.165) is 19.0 Å². The van der Waals surface area contributed by atoms with E-state index in [9.17, 15) is 9.90 Å². The van der Waals surface area contributed by atoms with Gasteiger partial charge in [-0.2, -0.15) is 0 Å². The number of rotatable bonds is 4. The highest BCUT2D eigenvalue weighted by molar-refractivity contribution is 5.80. The first-order valence-electron chi connectivity index (χ1n) is 9.48. The Kier molecular flexibility index (Phi) is 3.46. The number of likely N-dealkylation sites (tertiary alicyclic amines) is 1. The third-order valence-electron chi connectivity index (χ3n) is 6.59. The van der Waals surface area contributed by atoms with Gasteiger partial charge in [-0.3, -0.25) is 4.79 Å². The fourth-order valence-corrected chi connectivity index (χ4v) is 5.02. The van der Waals surface area contributed by atoms with Crippen molar-refractivity contribution in [3.63, 3.8) is 0 Å². The average molecular weight is 326 g/mol. The van der Waals surface area contributed by atoms with Gasteiger partial charge in [-0.25, -0.2) is 0 Å². The maximum atomic E-state index is 12.6. The molecule has 0 aromatic heterocycles. The van der Waals surface area contributed by atoms with Gasteiger partial charge in [0.2, 0.25) is 5.91 Å². The molecule has 0 radical (unpaired) electrons. The van der Waals surface area contributed by atoms with E-state index in [1.54, 1.807) is 0 Å². The molecule has 3 fully saturated rings. The standard InChI is InChI=1S/C20H26N2O2/c23-14-7-13(8-14)20(24)21-19-16-4-2-1-3-15(16)17-10-22(11-18(17)19)9-12-5-6-12/h1-4,12-14,17-19,23H,5-11H2,(H,21,24)/t13?,14?,17-,18-,19+/m0/s1. The topological polar surface area (TPSA) is 52.6 Å². The number of amides is 1. The van der Waals surface area contributed by atoms with Crippen molar-refractivity contribution in [2.24, 2.45) is 17.8 Å². The van der Waals surface area contributed by atoms with Crippen molar-refractivity contribution in [1.29, 1.82) is 0 Å². The third-order valence-corrected chi connectivity index (χ3v) is 6.59. The van der Waals surface area contributed by atoms with E-state index in [-0.39, 0.29) is 24.0 Å². The normalized spacial score (nSPS) is 37.6. The minimum atomic E-state index is -0.273. The monoisotopic (exact) mass is 326 g/mol. The molecule has 5 rings (SSSR count). The number of benzene rings is 1. The molecule has 2 N–H and O–H groups in total. The number of aliphatic hydroxyl groups is 1. The molecule has 0 bridgehead atoms. The van der Waals surface area contributed by atoms with Crippen LogP contribution >= 0.6 is 0 Å². The number of aliphatic hydroxyl groups excluding tert-OH is 1. The fourth-order valence-electron chi connectivity index (χ4n) is 5.02. The summed E-state index contributed by atoms with van der Waals surface area (Å²) in [5.41, 5.74) is 2.77. The number of hydrogen-bond acceptors (Lipinski definition) is 3. The Morgan fingerprint density at radius 3 is 2.62 bits per heavy atom. The van der Waals surface area contributed by atoms with Crippen LogP contribution in [0.4, 0.5) is 0 Å². The molecule has 1 aliphatic heterocycles. The zero-order chi connectivity index (χ0) is 16.3. The van der Waals surface area contributed by atoms with Gasteiger partial charge in [0.1, 0.15) is 0 Å². The van der Waals surface area contributed by atoms with E-state index in [2.05, 4.69) is 34.5 Å². The smallest absolute Gasteiger partial charge is 0.223 e. The molecule has 4 nitrogen and oxygen atoms in total. The first-order valence-corrected chi connectivity index (χ1v) is 9.48. The summed E-state index contributed by atoms with van der Waals surface area (Å²) in [6, 6.07) is 8.83. The van der Waals surface area contributed by atoms with Gasteiger partial charge in [0, 0.05) is 37.4 Å². The van der Waals surface area contributed by atoms with Gasteiger partial charge in [-0.1, -0.05) is 24.3 Å². The molecule has 1 aromatic carbocycles. The van der Waals surface area contributed by atoms with Gasteiger partial charge in [-0.05, 0) is 42.7 Å². The predicted octanol–water partition coefficient (Wildman–Crippen LogP) is 2.05. The highest BCUT2D eigenvalue weighted by atomic mass is 16.3. The summed E-state index contributed by atoms with van der Waals surface area (Å²) in [7, 11) is 0. The summed E-state index contributed by atoms with van der Waals surface area (Å²) >= 11 is 0. The van der Waals surface area contributed by atoms with Crippen molar-refractivity contribution in [1.82, 2.24) is 10.2 Å². The van der Waals surface area contributed by atoms with Crippen LogP contribution in [0.3, 0.4) is 0 Å². The SMILES string of the molecule is O=C(N[C@@H]1c2ccccc2[C@@H]2CN(CC3CC3)C[C@H]12)C1CC(O)C1. The lowest BCUT2D eigenvalue weighted by molar-refractivity contribution is -0.132. The Labute approximate surface area is 143 Å². The second-order valence-corrected chi connectivity index (χ2v) is 8.37. The molecule has 1 aromatic rings. The maximum absolute atomic E-state index is 12.6. The van der Waals surface area contributed by atoms with E-state index in [1.165, 1.54) is 30.5 Å². The summed E-state index contributed by atoms with van der Waals surface area (Å²) in [4.78, 5) is 15.2. The fraction of sp³-hybridized carbons (Fsp3) is 0.650. The lowest BCUT2D eigenvalue weighted by Crippen LogP contribution is -2.43. The lowest BCUT2D eigenvalue weighted by atomic mass is 9.81. The van der Waals surface area contributed by atoms with Crippen LogP contribution in [-0.2, 0) is 4.79 Å². The van der Waals surface area contributed by atoms with Gasteiger partial charge in [-0.15, -0.1) is 0 Å². The van der Waals surface area contributed by atoms with Crippen molar-refractivity contribution >= 4 is 5.91 Å². The van der Waals surface area contributed by atoms with Gasteiger partial charge in [0.25, 0.3) is 0 Å². The third kappa shape index (κ3) is 2.47. The van der Waals surface area contributed by atoms with Crippen LogP contribution in [0.1, 0.15) is 48.8 Å². The molecule has 1 heterocycles. The minimum Gasteiger partial charge on any atom is -0.393 e. The molecule has 128 valence electrons. The van der Waals surface area contributed by atoms with Crippen molar-refractivity contribution in [2.45, 2.75) is 43.7 Å². The van der Waals surface area contributed by atoms with Crippen molar-refractivity contribution in [2.75, 3.05) is 19.6 Å². The molecular formula is C20H26N2O2. The van der Waals surface area contributed by atoms with Crippen LogP contribution in [0.2, 0.25) is 0 Å². The summed E-state index contributed by atoms with van der Waals surface area (Å²) < 4.78 is 0. The molecule has 2 saturated carbocycles. The Morgan fingerprint density at radius 2 is 1.92 bits per heavy atom. The van der Waals surface area contributed by atoms with Crippen LogP contribution in [0.15, 0.2) is 24.3 Å². The number of nitrogens with zero attached hydrogens (tertiary/aromatic N) is 1. The zero-order valence-corrected chi connectivity index (χ0v) is 14.0. The van der Waals surface area contributed by atoms with E-state index < -0.39 is 0 Å². The van der Waals surface area contributed by atoms with Crippen molar-refractivity contribution in [3.05, 3.63) is 35.4 Å². The van der Waals surface area contributed by atoms with Crippen LogP contribution in [0.25, 0.3) is 0 Å². The predicted molar refractivity (Wildman–Crippen MR) is 91.5 cm³/mol. The molecule has 0 spiro atoms. The molecule has 1 saturated heterocycles. The van der Waals surface area contributed by atoms with Crippen LogP contribution in [0, 0.1) is 17.8 Å². The molecule has 1 amide bonds. The van der Waals surface area contributed by atoms with Crippen LogP contribution < -0.4 is 5.32 Å². The van der Waals surface area contributed by atoms with Crippen LogP contribution in [0.5, 0.6) is 0 Å². The lowest BCUT2D eigenvalue weighted by Gasteiger charge is -2.32. The van der Waals surface area contributed by atoms with E-state index >= 15 is 0 Å². The van der Waals surface area contributed by atoms with Crippen molar-refractivity contribution in [3.8, 4) is 0 Å². The Balaban J connectivity index is 1.35. The summed E-state index contributed by atoms with van der Waals surface area (Å²) in [6.07, 6.45) is 3.77. The van der Waals surface area contributed by atoms with Crippen molar-refractivity contribution < 1.29 is 9.90 Å². The summed E-state index contributed by atoms with van der Waals surface area (Å²) in [5.74, 6) is 2.15. The molecule has 4 heteroatoms. The van der Waals surface area contributed by atoms with E-state index in [4.69, 9.17) is 0 Å². The largest absolute Gasteiger partial charge is 0.393 e. The van der Waals surface area contributed by atoms with E-state index in [1.807, 2.05) is 0 Å². The molecule has 0 unspecified atom stereocenters. The van der Waals surface area contributed by atoms with Gasteiger partial charge < -0.3 is 15.3 Å². The number of nitrogens with one attached hydrogen (secondary N) is 1. The quantitative estimate of drug-likeness (QED) is 0.890. The van der Waals surface area contributed by atoms with Gasteiger partial charge >= 0.3 is 0 Å². The number of fused-ring (bicyclic) bond motifs is 3.